The van der Waals surface area contributed by atoms with Crippen molar-refractivity contribution in [3.05, 3.63) is 35.9 Å². The molecule has 2 saturated heterocycles. The van der Waals surface area contributed by atoms with Crippen LogP contribution in [0.3, 0.4) is 0 Å². The van der Waals surface area contributed by atoms with Gasteiger partial charge in [-0.3, -0.25) is 0 Å². The zero-order valence-corrected chi connectivity index (χ0v) is 11.7. The molecule has 2 heterocycles. The highest BCUT2D eigenvalue weighted by Crippen LogP contribution is 2.38. The molecule has 1 saturated carbocycles. The summed E-state index contributed by atoms with van der Waals surface area (Å²) in [4.78, 5) is 14.3. The number of nitrogens with one attached hydrogen (secondary N) is 1. The Labute approximate surface area is 119 Å². The lowest BCUT2D eigenvalue weighted by Gasteiger charge is -2.49. The molecule has 2 bridgehead atoms. The Morgan fingerprint density at radius 1 is 1.30 bits per heavy atom. The molecule has 2 amide bonds. The SMILES string of the molecule is O=C(NCc1ccccc1)N1CC2CCC1C(CO)C2. The van der Waals surface area contributed by atoms with Gasteiger partial charge in [-0.25, -0.2) is 4.79 Å². The first-order chi connectivity index (χ1) is 9.78. The molecule has 4 nitrogen and oxygen atoms in total. The summed E-state index contributed by atoms with van der Waals surface area (Å²) in [5.41, 5.74) is 1.11. The van der Waals surface area contributed by atoms with Gasteiger partial charge >= 0.3 is 6.03 Å². The van der Waals surface area contributed by atoms with E-state index in [1.807, 2.05) is 35.2 Å². The monoisotopic (exact) mass is 274 g/mol. The van der Waals surface area contributed by atoms with E-state index >= 15 is 0 Å². The van der Waals surface area contributed by atoms with Crippen LogP contribution in [0.1, 0.15) is 24.8 Å². The summed E-state index contributed by atoms with van der Waals surface area (Å²) in [6, 6.07) is 10.2. The van der Waals surface area contributed by atoms with Gasteiger partial charge in [-0.05, 0) is 30.7 Å². The van der Waals surface area contributed by atoms with Crippen molar-refractivity contribution in [2.24, 2.45) is 11.8 Å². The highest BCUT2D eigenvalue weighted by molar-refractivity contribution is 5.74. The second-order valence-electron chi connectivity index (χ2n) is 5.99. The number of urea groups is 1. The van der Waals surface area contributed by atoms with Gasteiger partial charge in [0.2, 0.25) is 0 Å². The molecule has 108 valence electrons. The van der Waals surface area contributed by atoms with Crippen molar-refractivity contribution in [3.63, 3.8) is 0 Å². The number of piperidine rings is 2. The lowest BCUT2D eigenvalue weighted by atomic mass is 9.73. The molecule has 2 aliphatic heterocycles. The fourth-order valence-corrected chi connectivity index (χ4v) is 3.64. The largest absolute Gasteiger partial charge is 0.396 e. The first-order valence-electron chi connectivity index (χ1n) is 7.47. The molecule has 0 radical (unpaired) electrons. The van der Waals surface area contributed by atoms with E-state index in [1.54, 1.807) is 0 Å². The van der Waals surface area contributed by atoms with E-state index in [1.165, 1.54) is 6.42 Å². The maximum absolute atomic E-state index is 12.4. The maximum atomic E-state index is 12.4. The molecular weight excluding hydrogens is 252 g/mol. The Balaban J connectivity index is 1.60. The second kappa shape index (κ2) is 5.83. The van der Waals surface area contributed by atoms with Crippen LogP contribution in [0.25, 0.3) is 0 Å². The molecule has 1 aromatic rings. The molecule has 1 aromatic carbocycles. The lowest BCUT2D eigenvalue weighted by molar-refractivity contribution is 0.00388. The topological polar surface area (TPSA) is 52.6 Å². The van der Waals surface area contributed by atoms with Gasteiger partial charge in [0.25, 0.3) is 0 Å². The van der Waals surface area contributed by atoms with Crippen LogP contribution in [0.5, 0.6) is 0 Å². The molecular formula is C16H22N2O2. The molecule has 4 heteroatoms. The van der Waals surface area contributed by atoms with E-state index in [9.17, 15) is 9.90 Å². The molecule has 3 aliphatic rings. The minimum atomic E-state index is 0.0155. The summed E-state index contributed by atoms with van der Waals surface area (Å²) >= 11 is 0. The number of benzene rings is 1. The maximum Gasteiger partial charge on any atom is 0.317 e. The Kier molecular flexibility index (Phi) is 3.92. The zero-order chi connectivity index (χ0) is 13.9. The molecule has 20 heavy (non-hydrogen) atoms. The number of rotatable bonds is 3. The van der Waals surface area contributed by atoms with Crippen LogP contribution < -0.4 is 5.32 Å². The van der Waals surface area contributed by atoms with Gasteiger partial charge in [-0.1, -0.05) is 30.3 Å². The quantitative estimate of drug-likeness (QED) is 0.885. The van der Waals surface area contributed by atoms with Gasteiger partial charge in [0, 0.05) is 31.7 Å². The van der Waals surface area contributed by atoms with Crippen molar-refractivity contribution in [2.75, 3.05) is 13.2 Å². The lowest BCUT2D eigenvalue weighted by Crippen LogP contribution is -2.58. The van der Waals surface area contributed by atoms with Crippen LogP contribution in [-0.2, 0) is 6.54 Å². The predicted molar refractivity (Wildman–Crippen MR) is 77.1 cm³/mol. The second-order valence-corrected chi connectivity index (χ2v) is 5.99. The third-order valence-corrected chi connectivity index (χ3v) is 4.69. The Morgan fingerprint density at radius 2 is 2.10 bits per heavy atom. The van der Waals surface area contributed by atoms with Gasteiger partial charge in [0.15, 0.2) is 0 Å². The Hall–Kier alpha value is -1.55. The van der Waals surface area contributed by atoms with Gasteiger partial charge in [0.05, 0.1) is 0 Å². The van der Waals surface area contributed by atoms with Gasteiger partial charge in [0.1, 0.15) is 0 Å². The minimum absolute atomic E-state index is 0.0155. The summed E-state index contributed by atoms with van der Waals surface area (Å²) in [5, 5.41) is 12.5. The Morgan fingerprint density at radius 3 is 2.80 bits per heavy atom. The van der Waals surface area contributed by atoms with Crippen LogP contribution in [0, 0.1) is 11.8 Å². The summed E-state index contributed by atoms with van der Waals surface area (Å²) < 4.78 is 0. The highest BCUT2D eigenvalue weighted by atomic mass is 16.3. The zero-order valence-electron chi connectivity index (χ0n) is 11.7. The molecule has 3 atom stereocenters. The van der Waals surface area contributed by atoms with Crippen molar-refractivity contribution in [1.29, 1.82) is 0 Å². The van der Waals surface area contributed by atoms with Crippen molar-refractivity contribution in [2.45, 2.75) is 31.8 Å². The normalized spacial score (nSPS) is 28.4. The van der Waals surface area contributed by atoms with E-state index in [2.05, 4.69) is 5.32 Å². The highest BCUT2D eigenvalue weighted by Gasteiger charge is 2.42. The van der Waals surface area contributed by atoms with Crippen LogP contribution in [0.2, 0.25) is 0 Å². The van der Waals surface area contributed by atoms with Crippen LogP contribution in [0.4, 0.5) is 4.79 Å². The number of amides is 2. The van der Waals surface area contributed by atoms with Crippen molar-refractivity contribution in [1.82, 2.24) is 10.2 Å². The number of carbonyl (C=O) groups is 1. The average molecular weight is 274 g/mol. The van der Waals surface area contributed by atoms with Gasteiger partial charge in [-0.15, -0.1) is 0 Å². The van der Waals surface area contributed by atoms with Crippen LogP contribution >= 0.6 is 0 Å². The summed E-state index contributed by atoms with van der Waals surface area (Å²) in [5.74, 6) is 0.838. The molecule has 3 unspecified atom stereocenters. The minimum Gasteiger partial charge on any atom is -0.396 e. The molecule has 0 aromatic heterocycles. The van der Waals surface area contributed by atoms with Crippen LogP contribution in [0.15, 0.2) is 30.3 Å². The summed E-state index contributed by atoms with van der Waals surface area (Å²) in [7, 11) is 0. The third kappa shape index (κ3) is 2.66. The van der Waals surface area contributed by atoms with E-state index in [0.29, 0.717) is 12.5 Å². The van der Waals surface area contributed by atoms with E-state index in [-0.39, 0.29) is 24.6 Å². The molecule has 3 fully saturated rings. The number of fused-ring (bicyclic) bond motifs is 3. The molecule has 2 N–H and O–H groups in total. The first kappa shape index (κ1) is 13.4. The fraction of sp³-hybridized carbons (Fsp3) is 0.562. The number of carbonyl (C=O) groups excluding carboxylic acids is 1. The van der Waals surface area contributed by atoms with Crippen molar-refractivity contribution < 1.29 is 9.90 Å². The number of aliphatic hydroxyl groups is 1. The van der Waals surface area contributed by atoms with Crippen molar-refractivity contribution >= 4 is 6.03 Å². The van der Waals surface area contributed by atoms with Crippen LogP contribution in [-0.4, -0.2) is 35.2 Å². The number of hydrogen-bond acceptors (Lipinski definition) is 2. The van der Waals surface area contributed by atoms with E-state index in [0.717, 1.165) is 24.9 Å². The average Bonchev–Trinajstić information content (AvgIpc) is 2.53. The fourth-order valence-electron chi connectivity index (χ4n) is 3.64. The molecule has 0 spiro atoms. The van der Waals surface area contributed by atoms with Crippen molar-refractivity contribution in [3.8, 4) is 0 Å². The van der Waals surface area contributed by atoms with Gasteiger partial charge < -0.3 is 15.3 Å². The number of hydrogen-bond donors (Lipinski definition) is 2. The number of nitrogens with zero attached hydrogens (tertiary/aromatic N) is 1. The predicted octanol–water partition coefficient (Wildman–Crippen LogP) is 1.99. The summed E-state index contributed by atoms with van der Waals surface area (Å²) in [6.07, 6.45) is 3.31. The summed E-state index contributed by atoms with van der Waals surface area (Å²) in [6.45, 7) is 1.61. The van der Waals surface area contributed by atoms with E-state index < -0.39 is 0 Å². The molecule has 1 aliphatic carbocycles. The Bertz CT molecular complexity index is 463. The first-order valence-corrected chi connectivity index (χ1v) is 7.47. The number of aliphatic hydroxyl groups excluding tert-OH is 1. The standard InChI is InChI=1S/C16H22N2O2/c19-11-14-8-13-6-7-15(14)18(10-13)16(20)17-9-12-4-2-1-3-5-12/h1-5,13-15,19H,6-11H2,(H,17,20). The van der Waals surface area contributed by atoms with E-state index in [4.69, 9.17) is 0 Å². The molecule has 4 rings (SSSR count). The smallest absolute Gasteiger partial charge is 0.317 e. The van der Waals surface area contributed by atoms with Gasteiger partial charge in [-0.2, -0.15) is 0 Å². The third-order valence-electron chi connectivity index (χ3n) is 4.69.